The molecule has 1 aliphatic heterocycles. The van der Waals surface area contributed by atoms with Gasteiger partial charge in [0.05, 0.1) is 0 Å². The van der Waals surface area contributed by atoms with Gasteiger partial charge in [0.15, 0.2) is 0 Å². The van der Waals surface area contributed by atoms with Crippen molar-refractivity contribution in [1.82, 2.24) is 4.90 Å². The number of hydrogen-bond acceptors (Lipinski definition) is 1. The lowest BCUT2D eigenvalue weighted by Gasteiger charge is -2.39. The standard InChI is InChI=1S/C26H37N/c1-14-15(2)20(7)24(21(8)16(14)3)13-25-26-22(9)18(5)17(4)19(6)23(26)11-12-27(25)10/h25H,11-13H2,1-10H3. The van der Waals surface area contributed by atoms with E-state index in [2.05, 4.69) is 74.3 Å². The molecule has 0 amide bonds. The molecule has 0 bridgehead atoms. The molecule has 146 valence electrons. The summed E-state index contributed by atoms with van der Waals surface area (Å²) in [5.74, 6) is 0. The van der Waals surface area contributed by atoms with E-state index in [1.165, 1.54) is 56.5 Å². The topological polar surface area (TPSA) is 3.24 Å². The number of nitrogens with zero attached hydrogens (tertiary/aromatic N) is 1. The van der Waals surface area contributed by atoms with Crippen molar-refractivity contribution >= 4 is 0 Å². The van der Waals surface area contributed by atoms with Crippen molar-refractivity contribution in [2.24, 2.45) is 0 Å². The van der Waals surface area contributed by atoms with E-state index < -0.39 is 0 Å². The SMILES string of the molecule is Cc1c(C)c(C)c(CC2c3c(C)c(C)c(C)c(C)c3CCN2C)c(C)c1C. The molecule has 1 unspecified atom stereocenters. The first kappa shape index (κ1) is 20.1. The van der Waals surface area contributed by atoms with E-state index in [-0.39, 0.29) is 0 Å². The van der Waals surface area contributed by atoms with Crippen molar-refractivity contribution in [2.75, 3.05) is 13.6 Å². The first-order chi connectivity index (χ1) is 12.6. The molecule has 2 aromatic rings. The molecule has 0 spiro atoms. The van der Waals surface area contributed by atoms with Gasteiger partial charge in [0.2, 0.25) is 0 Å². The van der Waals surface area contributed by atoms with Gasteiger partial charge in [0.1, 0.15) is 0 Å². The van der Waals surface area contributed by atoms with E-state index in [1.54, 1.807) is 16.7 Å². The van der Waals surface area contributed by atoms with Crippen molar-refractivity contribution in [3.05, 3.63) is 66.8 Å². The zero-order valence-electron chi connectivity index (χ0n) is 19.1. The minimum atomic E-state index is 0.477. The van der Waals surface area contributed by atoms with E-state index in [0.29, 0.717) is 6.04 Å². The summed E-state index contributed by atoms with van der Waals surface area (Å²) < 4.78 is 0. The third-order valence-electron chi connectivity index (χ3n) is 8.00. The Hall–Kier alpha value is -1.60. The van der Waals surface area contributed by atoms with Gasteiger partial charge < -0.3 is 0 Å². The molecule has 3 rings (SSSR count). The maximum Gasteiger partial charge on any atom is 0.0391 e. The number of fused-ring (bicyclic) bond motifs is 1. The van der Waals surface area contributed by atoms with E-state index in [4.69, 9.17) is 0 Å². The molecular weight excluding hydrogens is 326 g/mol. The average Bonchev–Trinajstić information content (AvgIpc) is 2.65. The largest absolute Gasteiger partial charge is 0.299 e. The first-order valence-electron chi connectivity index (χ1n) is 10.4. The summed E-state index contributed by atoms with van der Waals surface area (Å²) in [6, 6.07) is 0.477. The second-order valence-electron chi connectivity index (χ2n) is 8.95. The molecule has 1 aliphatic rings. The Kier molecular flexibility index (Phi) is 5.29. The first-order valence-corrected chi connectivity index (χ1v) is 10.4. The summed E-state index contributed by atoms with van der Waals surface area (Å²) in [6.45, 7) is 21.9. The molecule has 0 saturated heterocycles. The highest BCUT2D eigenvalue weighted by atomic mass is 15.1. The minimum absolute atomic E-state index is 0.477. The Labute approximate surface area is 166 Å². The third-order valence-corrected chi connectivity index (χ3v) is 8.00. The van der Waals surface area contributed by atoms with Gasteiger partial charge in [-0.15, -0.1) is 0 Å². The lowest BCUT2D eigenvalue weighted by molar-refractivity contribution is 0.227. The molecule has 1 heteroatoms. The van der Waals surface area contributed by atoms with E-state index in [0.717, 1.165) is 13.0 Å². The molecule has 0 fully saturated rings. The van der Waals surface area contributed by atoms with Gasteiger partial charge in [0.25, 0.3) is 0 Å². The molecule has 0 saturated carbocycles. The average molecular weight is 364 g/mol. The Morgan fingerprint density at radius 3 is 1.63 bits per heavy atom. The lowest BCUT2D eigenvalue weighted by atomic mass is 9.78. The quantitative estimate of drug-likeness (QED) is 0.611. The van der Waals surface area contributed by atoms with Gasteiger partial charge >= 0.3 is 0 Å². The van der Waals surface area contributed by atoms with Crippen LogP contribution in [-0.2, 0) is 12.8 Å². The van der Waals surface area contributed by atoms with E-state index >= 15 is 0 Å². The van der Waals surface area contributed by atoms with Crippen molar-refractivity contribution in [2.45, 2.75) is 81.2 Å². The summed E-state index contributed by atoms with van der Waals surface area (Å²) in [5, 5.41) is 0. The predicted molar refractivity (Wildman–Crippen MR) is 118 cm³/mol. The van der Waals surface area contributed by atoms with Crippen molar-refractivity contribution in [1.29, 1.82) is 0 Å². The van der Waals surface area contributed by atoms with Crippen LogP contribution < -0.4 is 0 Å². The second-order valence-corrected chi connectivity index (χ2v) is 8.95. The molecule has 0 N–H and O–H groups in total. The Morgan fingerprint density at radius 1 is 0.630 bits per heavy atom. The number of hydrogen-bond donors (Lipinski definition) is 0. The van der Waals surface area contributed by atoms with Crippen LogP contribution in [0.3, 0.4) is 0 Å². The highest BCUT2D eigenvalue weighted by molar-refractivity contribution is 5.54. The van der Waals surface area contributed by atoms with Crippen LogP contribution in [0.1, 0.15) is 72.8 Å². The van der Waals surface area contributed by atoms with Crippen LogP contribution in [0.2, 0.25) is 0 Å². The predicted octanol–water partition coefficient (Wildman–Crippen LogP) is 6.23. The molecule has 0 aromatic heterocycles. The fourth-order valence-electron chi connectivity index (χ4n) is 5.19. The Morgan fingerprint density at radius 2 is 1.07 bits per heavy atom. The highest BCUT2D eigenvalue weighted by Crippen LogP contribution is 2.40. The monoisotopic (exact) mass is 363 g/mol. The molecular formula is C26H37N. The second kappa shape index (κ2) is 7.09. The molecule has 1 nitrogen and oxygen atoms in total. The maximum absolute atomic E-state index is 2.59. The van der Waals surface area contributed by atoms with Crippen LogP contribution >= 0.6 is 0 Å². The summed E-state index contributed by atoms with van der Waals surface area (Å²) in [4.78, 5) is 2.59. The van der Waals surface area contributed by atoms with Gasteiger partial charge in [-0.2, -0.15) is 0 Å². The molecule has 0 aliphatic carbocycles. The fourth-order valence-corrected chi connectivity index (χ4v) is 5.19. The number of benzene rings is 2. The van der Waals surface area contributed by atoms with Gasteiger partial charge in [-0.25, -0.2) is 0 Å². The van der Waals surface area contributed by atoms with Crippen LogP contribution in [-0.4, -0.2) is 18.5 Å². The zero-order chi connectivity index (χ0) is 20.2. The van der Waals surface area contributed by atoms with E-state index in [9.17, 15) is 0 Å². The maximum atomic E-state index is 2.59. The summed E-state index contributed by atoms with van der Waals surface area (Å²) in [5.41, 5.74) is 18.2. The molecule has 27 heavy (non-hydrogen) atoms. The normalized spacial score (nSPS) is 17.3. The van der Waals surface area contributed by atoms with Crippen molar-refractivity contribution in [3.8, 4) is 0 Å². The smallest absolute Gasteiger partial charge is 0.0391 e. The third kappa shape index (κ3) is 3.05. The van der Waals surface area contributed by atoms with Crippen LogP contribution in [0.5, 0.6) is 0 Å². The highest BCUT2D eigenvalue weighted by Gasteiger charge is 2.30. The summed E-state index contributed by atoms with van der Waals surface area (Å²) >= 11 is 0. The summed E-state index contributed by atoms with van der Waals surface area (Å²) in [7, 11) is 2.32. The fraction of sp³-hybridized carbons (Fsp3) is 0.538. The van der Waals surface area contributed by atoms with Crippen LogP contribution in [0.15, 0.2) is 0 Å². The van der Waals surface area contributed by atoms with Gasteiger partial charge in [-0.3, -0.25) is 4.90 Å². The van der Waals surface area contributed by atoms with Crippen LogP contribution in [0.25, 0.3) is 0 Å². The lowest BCUT2D eigenvalue weighted by Crippen LogP contribution is -2.35. The van der Waals surface area contributed by atoms with Crippen molar-refractivity contribution < 1.29 is 0 Å². The zero-order valence-corrected chi connectivity index (χ0v) is 19.1. The number of rotatable bonds is 2. The minimum Gasteiger partial charge on any atom is -0.299 e. The molecule has 1 heterocycles. The Bertz CT molecular complexity index is 888. The van der Waals surface area contributed by atoms with Gasteiger partial charge in [0, 0.05) is 12.6 Å². The van der Waals surface area contributed by atoms with Crippen LogP contribution in [0, 0.1) is 62.3 Å². The van der Waals surface area contributed by atoms with Crippen LogP contribution in [0.4, 0.5) is 0 Å². The molecule has 0 radical (unpaired) electrons. The van der Waals surface area contributed by atoms with E-state index in [1.807, 2.05) is 0 Å². The molecule has 2 aromatic carbocycles. The van der Waals surface area contributed by atoms with Crippen molar-refractivity contribution in [3.63, 3.8) is 0 Å². The number of likely N-dealkylation sites (N-methyl/N-ethyl adjacent to an activating group) is 1. The van der Waals surface area contributed by atoms with Gasteiger partial charge in [-0.05, 0) is 149 Å². The Balaban J connectivity index is 2.19. The summed E-state index contributed by atoms with van der Waals surface area (Å²) in [6.07, 6.45) is 2.30. The van der Waals surface area contributed by atoms with Gasteiger partial charge in [-0.1, -0.05) is 0 Å². The molecule has 1 atom stereocenters.